The summed E-state index contributed by atoms with van der Waals surface area (Å²) in [5.74, 6) is -0.253. The molecule has 3 amide bonds. The van der Waals surface area contributed by atoms with Gasteiger partial charge in [-0.1, -0.05) is 30.3 Å². The zero-order valence-electron chi connectivity index (χ0n) is 16.7. The number of carbonyl (C=O) groups excluding carboxylic acids is 3. The molecule has 1 aromatic rings. The summed E-state index contributed by atoms with van der Waals surface area (Å²) >= 11 is 0. The highest BCUT2D eigenvalue weighted by atomic mass is 35.5. The van der Waals surface area contributed by atoms with Gasteiger partial charge in [0.05, 0.1) is 12.3 Å². The van der Waals surface area contributed by atoms with E-state index in [0.717, 1.165) is 24.8 Å². The van der Waals surface area contributed by atoms with E-state index < -0.39 is 6.04 Å². The number of benzene rings is 1. The van der Waals surface area contributed by atoms with Crippen LogP contribution in [0.4, 0.5) is 0 Å². The molecule has 2 atom stereocenters. The molecule has 0 saturated carbocycles. The number of rotatable bonds is 6. The first-order chi connectivity index (χ1) is 13.6. The summed E-state index contributed by atoms with van der Waals surface area (Å²) in [5, 5.41) is 2.82. The molecule has 160 valence electrons. The molecule has 8 heteroatoms. The molecule has 0 spiro atoms. The summed E-state index contributed by atoms with van der Waals surface area (Å²) in [6.07, 6.45) is 3.43. The van der Waals surface area contributed by atoms with Crippen molar-refractivity contribution in [1.82, 2.24) is 15.1 Å². The van der Waals surface area contributed by atoms with Gasteiger partial charge in [-0.15, -0.1) is 12.4 Å². The van der Waals surface area contributed by atoms with Crippen LogP contribution in [-0.2, 0) is 20.8 Å². The molecular weight excluding hydrogens is 392 g/mol. The van der Waals surface area contributed by atoms with E-state index in [0.29, 0.717) is 45.6 Å². The van der Waals surface area contributed by atoms with Gasteiger partial charge in [0, 0.05) is 32.7 Å². The van der Waals surface area contributed by atoms with Crippen LogP contribution in [0, 0.1) is 5.92 Å². The Morgan fingerprint density at radius 1 is 1.07 bits per heavy atom. The Labute approximate surface area is 178 Å². The summed E-state index contributed by atoms with van der Waals surface area (Å²) in [6, 6.07) is 9.21. The number of nitrogens with two attached hydrogens (primary N) is 1. The highest BCUT2D eigenvalue weighted by Crippen LogP contribution is 2.24. The van der Waals surface area contributed by atoms with Crippen LogP contribution in [0.5, 0.6) is 0 Å². The Bertz CT molecular complexity index is 700. The van der Waals surface area contributed by atoms with Crippen molar-refractivity contribution in [2.45, 2.75) is 38.1 Å². The van der Waals surface area contributed by atoms with E-state index >= 15 is 0 Å². The molecule has 3 rings (SSSR count). The zero-order chi connectivity index (χ0) is 19.9. The highest BCUT2D eigenvalue weighted by Gasteiger charge is 2.38. The quantitative estimate of drug-likeness (QED) is 0.713. The van der Waals surface area contributed by atoms with Crippen LogP contribution >= 0.6 is 12.4 Å². The van der Waals surface area contributed by atoms with Crippen LogP contribution in [0.25, 0.3) is 0 Å². The Kier molecular flexibility index (Phi) is 8.92. The number of hydrogen-bond donors (Lipinski definition) is 2. The number of likely N-dealkylation sites (tertiary alicyclic amines) is 2. The van der Waals surface area contributed by atoms with Crippen molar-refractivity contribution >= 4 is 30.1 Å². The molecule has 2 saturated heterocycles. The molecule has 0 bridgehead atoms. The van der Waals surface area contributed by atoms with Crippen molar-refractivity contribution in [1.29, 1.82) is 0 Å². The fraction of sp³-hybridized carbons (Fsp3) is 0.571. The highest BCUT2D eigenvalue weighted by molar-refractivity contribution is 5.89. The largest absolute Gasteiger partial charge is 0.355 e. The number of amides is 3. The van der Waals surface area contributed by atoms with Crippen LogP contribution in [0.15, 0.2) is 30.3 Å². The topological polar surface area (TPSA) is 95.7 Å². The molecule has 1 aromatic carbocycles. The predicted molar refractivity (Wildman–Crippen MR) is 113 cm³/mol. The van der Waals surface area contributed by atoms with E-state index in [1.165, 1.54) is 0 Å². The lowest BCUT2D eigenvalue weighted by Gasteiger charge is -2.35. The van der Waals surface area contributed by atoms with Gasteiger partial charge in [-0.05, 0) is 31.2 Å². The van der Waals surface area contributed by atoms with Gasteiger partial charge in [0.1, 0.15) is 6.04 Å². The first kappa shape index (κ1) is 23.2. The Balaban J connectivity index is 0.00000300. The van der Waals surface area contributed by atoms with E-state index in [9.17, 15) is 14.4 Å². The molecule has 2 unspecified atom stereocenters. The first-order valence-electron chi connectivity index (χ1n) is 10.2. The number of carbonyl (C=O) groups is 3. The van der Waals surface area contributed by atoms with Gasteiger partial charge >= 0.3 is 0 Å². The van der Waals surface area contributed by atoms with Gasteiger partial charge in [0.2, 0.25) is 17.7 Å². The summed E-state index contributed by atoms with van der Waals surface area (Å²) in [5.41, 5.74) is 6.41. The third-order valence-corrected chi connectivity index (χ3v) is 5.60. The van der Waals surface area contributed by atoms with Gasteiger partial charge in [-0.2, -0.15) is 0 Å². The van der Waals surface area contributed by atoms with Crippen molar-refractivity contribution in [2.24, 2.45) is 11.7 Å². The molecular formula is C21H31ClN4O3. The number of halogens is 1. The molecule has 2 heterocycles. The minimum absolute atomic E-state index is 0. The van der Waals surface area contributed by atoms with E-state index in [1.807, 2.05) is 30.3 Å². The minimum atomic E-state index is -0.401. The third-order valence-electron chi connectivity index (χ3n) is 5.60. The minimum Gasteiger partial charge on any atom is -0.355 e. The van der Waals surface area contributed by atoms with Gasteiger partial charge in [-0.3, -0.25) is 14.4 Å². The Hall–Kier alpha value is -2.12. The SMILES string of the molecule is Cl.NCCNC(=O)C1CCCN(C(=O)C2CCCN2C(=O)Cc2ccccc2)C1. The van der Waals surface area contributed by atoms with Crippen molar-refractivity contribution in [2.75, 3.05) is 32.7 Å². The predicted octanol–water partition coefficient (Wildman–Crippen LogP) is 0.955. The molecule has 3 N–H and O–H groups in total. The van der Waals surface area contributed by atoms with Crippen LogP contribution < -0.4 is 11.1 Å². The van der Waals surface area contributed by atoms with Crippen molar-refractivity contribution in [3.63, 3.8) is 0 Å². The van der Waals surface area contributed by atoms with Crippen LogP contribution in [0.1, 0.15) is 31.2 Å². The van der Waals surface area contributed by atoms with Crippen molar-refractivity contribution in [3.05, 3.63) is 35.9 Å². The second kappa shape index (κ2) is 11.2. The van der Waals surface area contributed by atoms with Crippen LogP contribution in [-0.4, -0.2) is 66.3 Å². The monoisotopic (exact) mass is 422 g/mol. The van der Waals surface area contributed by atoms with Gasteiger partial charge in [-0.25, -0.2) is 0 Å². The number of hydrogen-bond acceptors (Lipinski definition) is 4. The van der Waals surface area contributed by atoms with E-state index in [-0.39, 0.29) is 36.0 Å². The summed E-state index contributed by atoms with van der Waals surface area (Å²) in [7, 11) is 0. The van der Waals surface area contributed by atoms with E-state index in [2.05, 4.69) is 5.32 Å². The molecule has 0 aliphatic carbocycles. The third kappa shape index (κ3) is 5.93. The average molecular weight is 423 g/mol. The van der Waals surface area contributed by atoms with E-state index in [1.54, 1.807) is 9.80 Å². The molecule has 2 aliphatic rings. The maximum atomic E-state index is 13.1. The molecule has 0 radical (unpaired) electrons. The lowest BCUT2D eigenvalue weighted by Crippen LogP contribution is -2.52. The number of nitrogens with zero attached hydrogens (tertiary/aromatic N) is 2. The lowest BCUT2D eigenvalue weighted by molar-refractivity contribution is -0.145. The normalized spacial score (nSPS) is 21.4. The lowest BCUT2D eigenvalue weighted by atomic mass is 9.96. The molecule has 2 aliphatic heterocycles. The summed E-state index contributed by atoms with van der Waals surface area (Å²) in [4.78, 5) is 41.7. The number of nitrogens with one attached hydrogen (secondary N) is 1. The van der Waals surface area contributed by atoms with Gasteiger partial charge in [0.15, 0.2) is 0 Å². The van der Waals surface area contributed by atoms with Crippen molar-refractivity contribution < 1.29 is 14.4 Å². The molecule has 7 nitrogen and oxygen atoms in total. The Morgan fingerprint density at radius 3 is 2.52 bits per heavy atom. The van der Waals surface area contributed by atoms with Crippen LogP contribution in [0.2, 0.25) is 0 Å². The average Bonchev–Trinajstić information content (AvgIpc) is 3.22. The first-order valence-corrected chi connectivity index (χ1v) is 10.2. The molecule has 0 aromatic heterocycles. The fourth-order valence-electron chi connectivity index (χ4n) is 4.14. The zero-order valence-corrected chi connectivity index (χ0v) is 17.5. The second-order valence-corrected chi connectivity index (χ2v) is 7.61. The molecule has 2 fully saturated rings. The van der Waals surface area contributed by atoms with Gasteiger partial charge < -0.3 is 20.9 Å². The molecule has 29 heavy (non-hydrogen) atoms. The maximum Gasteiger partial charge on any atom is 0.245 e. The maximum absolute atomic E-state index is 13.1. The van der Waals surface area contributed by atoms with E-state index in [4.69, 9.17) is 5.73 Å². The Morgan fingerprint density at radius 2 is 1.79 bits per heavy atom. The van der Waals surface area contributed by atoms with Crippen molar-refractivity contribution in [3.8, 4) is 0 Å². The smallest absolute Gasteiger partial charge is 0.245 e. The van der Waals surface area contributed by atoms with Crippen LogP contribution in [0.3, 0.4) is 0 Å². The fourth-order valence-corrected chi connectivity index (χ4v) is 4.14. The summed E-state index contributed by atoms with van der Waals surface area (Å²) < 4.78 is 0. The standard InChI is InChI=1S/C21H30N4O3.ClH/c22-10-11-23-20(27)17-8-4-12-24(15-17)21(28)18-9-5-13-25(18)19(26)14-16-6-2-1-3-7-16;/h1-3,6-7,17-18H,4-5,8-15,22H2,(H,23,27);1H. The summed E-state index contributed by atoms with van der Waals surface area (Å²) in [6.45, 7) is 2.55. The van der Waals surface area contributed by atoms with Gasteiger partial charge in [0.25, 0.3) is 0 Å². The number of piperidine rings is 1. The second-order valence-electron chi connectivity index (χ2n) is 7.61.